The monoisotopic (exact) mass is 284 g/mol. The van der Waals surface area contributed by atoms with Gasteiger partial charge in [-0.3, -0.25) is 9.48 Å². The first-order chi connectivity index (χ1) is 8.15. The summed E-state index contributed by atoms with van der Waals surface area (Å²) in [4.78, 5) is 2.21. The van der Waals surface area contributed by atoms with E-state index in [1.807, 2.05) is 17.8 Å². The Balaban J connectivity index is 0.00000289. The van der Waals surface area contributed by atoms with Gasteiger partial charge in [-0.05, 0) is 17.3 Å². The predicted molar refractivity (Wildman–Crippen MR) is 77.7 cm³/mol. The first-order valence-electron chi connectivity index (χ1n) is 5.68. The van der Waals surface area contributed by atoms with Gasteiger partial charge in [0.15, 0.2) is 0 Å². The highest BCUT2D eigenvalue weighted by Gasteiger charge is 2.15. The van der Waals surface area contributed by atoms with Gasteiger partial charge in [0.05, 0.1) is 21.1 Å². The molecule has 0 aliphatic rings. The second-order valence-electron chi connectivity index (χ2n) is 4.12. The third kappa shape index (κ3) is 5.61. The van der Waals surface area contributed by atoms with Crippen molar-refractivity contribution in [2.75, 3.05) is 27.7 Å². The zero-order valence-electron chi connectivity index (χ0n) is 11.3. The van der Waals surface area contributed by atoms with Crippen molar-refractivity contribution in [3.63, 3.8) is 0 Å². The number of benzene rings is 1. The number of hydrogen-bond donors (Lipinski definition) is 0. The minimum Gasteiger partial charge on any atom is -1.00 e. The smallest absolute Gasteiger partial charge is 0.308 e. The van der Waals surface area contributed by atoms with E-state index in [1.54, 1.807) is 0 Å². The minimum atomic E-state index is 0. The maximum Gasteiger partial charge on any atom is 0.308 e. The van der Waals surface area contributed by atoms with Crippen LogP contribution in [0.1, 0.15) is 5.56 Å². The van der Waals surface area contributed by atoms with Gasteiger partial charge in [0.2, 0.25) is 0 Å². The van der Waals surface area contributed by atoms with Crippen LogP contribution in [0.25, 0.3) is 0 Å². The summed E-state index contributed by atoms with van der Waals surface area (Å²) in [5.74, 6) is 0.996. The molecule has 0 saturated carbocycles. The number of hydrogen-bond acceptors (Lipinski definition) is 1. The maximum atomic E-state index is 3.78. The van der Waals surface area contributed by atoms with Crippen LogP contribution in [0.4, 0.5) is 0 Å². The van der Waals surface area contributed by atoms with E-state index in [1.165, 1.54) is 10.7 Å². The van der Waals surface area contributed by atoms with Crippen LogP contribution in [-0.2, 0) is 5.75 Å². The Morgan fingerprint density at radius 1 is 1.33 bits per heavy atom. The number of halogens is 1. The summed E-state index contributed by atoms with van der Waals surface area (Å²) < 4.78 is 2.15. The predicted octanol–water partition coefficient (Wildman–Crippen LogP) is -0.330. The Morgan fingerprint density at radius 2 is 1.94 bits per heavy atom. The highest BCUT2D eigenvalue weighted by molar-refractivity contribution is 8.12. The second kappa shape index (κ2) is 9.06. The first-order valence-corrected chi connectivity index (χ1v) is 6.66. The lowest BCUT2D eigenvalue weighted by atomic mass is 10.2. The summed E-state index contributed by atoms with van der Waals surface area (Å²) in [6.07, 6.45) is 1.92. The Bertz CT molecular complexity index is 386. The Labute approximate surface area is 121 Å². The van der Waals surface area contributed by atoms with Gasteiger partial charge in [0.1, 0.15) is 6.54 Å². The summed E-state index contributed by atoms with van der Waals surface area (Å²) in [7, 11) is 6.24. The summed E-state index contributed by atoms with van der Waals surface area (Å²) >= 11 is 1.85. The van der Waals surface area contributed by atoms with Crippen LogP contribution < -0.4 is 12.4 Å². The van der Waals surface area contributed by atoms with E-state index in [0.29, 0.717) is 0 Å². The lowest BCUT2D eigenvalue weighted by Crippen LogP contribution is -3.00. The lowest BCUT2D eigenvalue weighted by molar-refractivity contribution is -0.466. The molecule has 0 spiro atoms. The van der Waals surface area contributed by atoms with Crippen molar-refractivity contribution >= 4 is 16.9 Å². The van der Waals surface area contributed by atoms with Gasteiger partial charge >= 0.3 is 5.17 Å². The SMILES string of the molecule is C=CCN(C)C(SCc1ccccc1)=[N+](C)C.[Cl-]. The van der Waals surface area contributed by atoms with Crippen LogP contribution in [0.5, 0.6) is 0 Å². The van der Waals surface area contributed by atoms with Gasteiger partial charge in [0, 0.05) is 5.75 Å². The molecule has 0 aromatic heterocycles. The number of likely N-dealkylation sites (N-methyl/N-ethyl adjacent to an activating group) is 1. The average Bonchev–Trinajstić information content (AvgIpc) is 2.30. The van der Waals surface area contributed by atoms with Crippen molar-refractivity contribution < 1.29 is 17.0 Å². The highest BCUT2D eigenvalue weighted by Crippen LogP contribution is 2.15. The van der Waals surface area contributed by atoms with Crippen molar-refractivity contribution in [1.29, 1.82) is 0 Å². The minimum absolute atomic E-state index is 0. The van der Waals surface area contributed by atoms with Gasteiger partial charge in [-0.1, -0.05) is 43.0 Å². The van der Waals surface area contributed by atoms with Crippen LogP contribution in [0.2, 0.25) is 0 Å². The molecule has 0 amide bonds. The van der Waals surface area contributed by atoms with E-state index in [4.69, 9.17) is 0 Å². The van der Waals surface area contributed by atoms with Gasteiger partial charge in [0.25, 0.3) is 0 Å². The van der Waals surface area contributed by atoms with E-state index in [9.17, 15) is 0 Å². The molecule has 100 valence electrons. The average molecular weight is 285 g/mol. The standard InChI is InChI=1S/C14H21N2S.ClH/c1-5-11-16(4)14(15(2)3)17-12-13-9-7-6-8-10-13;/h5-10H,1,11-12H2,2-4H3;1H/q+1;/p-1. The van der Waals surface area contributed by atoms with Crippen LogP contribution in [0, 0.1) is 0 Å². The highest BCUT2D eigenvalue weighted by atomic mass is 35.5. The number of amidine groups is 1. The summed E-state index contributed by atoms with van der Waals surface area (Å²) in [5.41, 5.74) is 1.35. The topological polar surface area (TPSA) is 6.25 Å². The molecule has 4 heteroatoms. The van der Waals surface area contributed by atoms with Crippen molar-refractivity contribution in [3.05, 3.63) is 48.6 Å². The van der Waals surface area contributed by atoms with Crippen molar-refractivity contribution in [2.45, 2.75) is 5.75 Å². The summed E-state index contributed by atoms with van der Waals surface area (Å²) in [5, 5.41) is 1.26. The van der Waals surface area contributed by atoms with Gasteiger partial charge in [-0.15, -0.1) is 0 Å². The van der Waals surface area contributed by atoms with Crippen LogP contribution >= 0.6 is 11.8 Å². The quantitative estimate of drug-likeness (QED) is 0.323. The van der Waals surface area contributed by atoms with Gasteiger partial charge in [-0.25, -0.2) is 0 Å². The number of nitrogens with zero attached hydrogens (tertiary/aromatic N) is 2. The van der Waals surface area contributed by atoms with Crippen molar-refractivity contribution in [2.24, 2.45) is 0 Å². The molecule has 0 fully saturated rings. The Morgan fingerprint density at radius 3 is 2.44 bits per heavy atom. The molecule has 2 nitrogen and oxygen atoms in total. The molecule has 0 aliphatic heterocycles. The Hall–Kier alpha value is -0.930. The molecule has 0 heterocycles. The fourth-order valence-corrected chi connectivity index (χ4v) is 2.62. The van der Waals surface area contributed by atoms with E-state index in [0.717, 1.165) is 12.3 Å². The summed E-state index contributed by atoms with van der Waals surface area (Å²) in [6.45, 7) is 4.65. The van der Waals surface area contributed by atoms with Crippen molar-refractivity contribution in [3.8, 4) is 0 Å². The molecule has 1 aromatic rings. The Kier molecular flexibility index (Phi) is 8.59. The fraction of sp³-hybridized carbons (Fsp3) is 0.357. The van der Waals surface area contributed by atoms with E-state index < -0.39 is 0 Å². The molecule has 1 aromatic carbocycles. The van der Waals surface area contributed by atoms with E-state index >= 15 is 0 Å². The molecule has 0 saturated heterocycles. The van der Waals surface area contributed by atoms with E-state index in [2.05, 4.69) is 67.5 Å². The molecular formula is C14H21ClN2S. The number of rotatable bonds is 4. The molecular weight excluding hydrogens is 264 g/mol. The van der Waals surface area contributed by atoms with Crippen LogP contribution in [-0.4, -0.2) is 42.3 Å². The third-order valence-corrected chi connectivity index (χ3v) is 3.74. The van der Waals surface area contributed by atoms with E-state index in [-0.39, 0.29) is 12.4 Å². The second-order valence-corrected chi connectivity index (χ2v) is 5.06. The van der Waals surface area contributed by atoms with Crippen LogP contribution in [0.15, 0.2) is 43.0 Å². The zero-order chi connectivity index (χ0) is 12.7. The van der Waals surface area contributed by atoms with Gasteiger partial charge < -0.3 is 12.4 Å². The van der Waals surface area contributed by atoms with Gasteiger partial charge in [-0.2, -0.15) is 0 Å². The fourth-order valence-electron chi connectivity index (χ4n) is 1.57. The summed E-state index contributed by atoms with van der Waals surface area (Å²) in [6, 6.07) is 10.5. The maximum absolute atomic E-state index is 3.78. The zero-order valence-corrected chi connectivity index (χ0v) is 12.8. The number of thioether (sulfide) groups is 1. The van der Waals surface area contributed by atoms with Crippen molar-refractivity contribution in [1.82, 2.24) is 4.90 Å². The molecule has 0 atom stereocenters. The van der Waals surface area contributed by atoms with Crippen LogP contribution in [0.3, 0.4) is 0 Å². The first kappa shape index (κ1) is 17.1. The largest absolute Gasteiger partial charge is 1.00 e. The molecule has 0 N–H and O–H groups in total. The molecule has 0 aliphatic carbocycles. The molecule has 0 bridgehead atoms. The molecule has 0 unspecified atom stereocenters. The molecule has 1 rings (SSSR count). The normalized spacial score (nSPS) is 9.28. The lowest BCUT2D eigenvalue weighted by Gasteiger charge is -2.13. The molecule has 0 radical (unpaired) electrons. The molecule has 18 heavy (non-hydrogen) atoms. The third-order valence-electron chi connectivity index (χ3n) is 2.32.